The van der Waals surface area contributed by atoms with E-state index >= 15 is 0 Å². The molecule has 0 amide bonds. The van der Waals surface area contributed by atoms with Gasteiger partial charge < -0.3 is 0 Å². The maximum atomic E-state index is 2.52. The van der Waals surface area contributed by atoms with Gasteiger partial charge in [0.15, 0.2) is 0 Å². The van der Waals surface area contributed by atoms with Crippen LogP contribution in [0.15, 0.2) is 11.6 Å². The van der Waals surface area contributed by atoms with Crippen molar-refractivity contribution in [1.29, 1.82) is 0 Å². The summed E-state index contributed by atoms with van der Waals surface area (Å²) in [6.45, 7) is 2.37. The molecule has 0 aromatic heterocycles. The normalized spacial score (nSPS) is 36.6. The summed E-state index contributed by atoms with van der Waals surface area (Å²) < 4.78 is 0. The van der Waals surface area contributed by atoms with Crippen molar-refractivity contribution in [3.63, 3.8) is 0 Å². The highest BCUT2D eigenvalue weighted by Crippen LogP contribution is 2.37. The Kier molecular flexibility index (Phi) is 2.80. The van der Waals surface area contributed by atoms with Gasteiger partial charge in [-0.05, 0) is 43.8 Å². The van der Waals surface area contributed by atoms with Crippen molar-refractivity contribution in [2.75, 3.05) is 5.75 Å². The fourth-order valence-electron chi connectivity index (χ4n) is 2.15. The molecular formula is C11H18S. The second kappa shape index (κ2) is 3.87. The molecule has 12 heavy (non-hydrogen) atoms. The first-order valence-electron chi connectivity index (χ1n) is 5.17. The van der Waals surface area contributed by atoms with Gasteiger partial charge in [0.05, 0.1) is 0 Å². The highest BCUT2D eigenvalue weighted by molar-refractivity contribution is 8.00. The third-order valence-corrected chi connectivity index (χ3v) is 4.52. The standard InChI is InChI=1S/C11H18S/c1-9-4-6-10(7-5-9)11-3-2-8-12-11/h6,9,11H,2-5,7-8H2,1H3/t9-,11?/m1/s1. The first kappa shape index (κ1) is 8.68. The summed E-state index contributed by atoms with van der Waals surface area (Å²) in [6.07, 6.45) is 9.58. The molecule has 1 aliphatic carbocycles. The summed E-state index contributed by atoms with van der Waals surface area (Å²) in [5.74, 6) is 2.34. The summed E-state index contributed by atoms with van der Waals surface area (Å²) in [7, 11) is 0. The lowest BCUT2D eigenvalue weighted by Crippen LogP contribution is -2.09. The summed E-state index contributed by atoms with van der Waals surface area (Å²) in [5, 5.41) is 0.914. The van der Waals surface area contributed by atoms with Crippen LogP contribution in [0.5, 0.6) is 0 Å². The molecule has 0 aromatic carbocycles. The van der Waals surface area contributed by atoms with Gasteiger partial charge in [-0.25, -0.2) is 0 Å². The van der Waals surface area contributed by atoms with Crippen LogP contribution in [0.2, 0.25) is 0 Å². The molecule has 1 saturated heterocycles. The van der Waals surface area contributed by atoms with Crippen LogP contribution < -0.4 is 0 Å². The third kappa shape index (κ3) is 1.87. The highest BCUT2D eigenvalue weighted by atomic mass is 32.2. The molecule has 1 aliphatic heterocycles. The summed E-state index contributed by atoms with van der Waals surface area (Å²) in [5.41, 5.74) is 1.77. The average Bonchev–Trinajstić information content (AvgIpc) is 2.58. The molecule has 0 radical (unpaired) electrons. The summed E-state index contributed by atoms with van der Waals surface area (Å²) in [4.78, 5) is 0. The Morgan fingerprint density at radius 1 is 1.42 bits per heavy atom. The Labute approximate surface area is 79.8 Å². The van der Waals surface area contributed by atoms with Crippen LogP contribution in [0, 0.1) is 5.92 Å². The molecule has 2 aliphatic rings. The average molecular weight is 182 g/mol. The van der Waals surface area contributed by atoms with Crippen molar-refractivity contribution < 1.29 is 0 Å². The molecule has 0 aromatic rings. The van der Waals surface area contributed by atoms with Gasteiger partial charge in [0.25, 0.3) is 0 Å². The van der Waals surface area contributed by atoms with Crippen LogP contribution in [0.4, 0.5) is 0 Å². The zero-order valence-electron chi connectivity index (χ0n) is 7.88. The minimum atomic E-state index is 0.914. The largest absolute Gasteiger partial charge is 0.154 e. The first-order chi connectivity index (χ1) is 5.86. The van der Waals surface area contributed by atoms with Gasteiger partial charge >= 0.3 is 0 Å². The van der Waals surface area contributed by atoms with Gasteiger partial charge in [0, 0.05) is 5.25 Å². The Morgan fingerprint density at radius 3 is 2.92 bits per heavy atom. The fourth-order valence-corrected chi connectivity index (χ4v) is 3.53. The van der Waals surface area contributed by atoms with Crippen LogP contribution in [-0.4, -0.2) is 11.0 Å². The van der Waals surface area contributed by atoms with Gasteiger partial charge in [-0.3, -0.25) is 0 Å². The zero-order chi connectivity index (χ0) is 8.39. The Hall–Kier alpha value is 0.0900. The molecule has 2 rings (SSSR count). The summed E-state index contributed by atoms with van der Waals surface area (Å²) >= 11 is 2.18. The monoisotopic (exact) mass is 182 g/mol. The van der Waals surface area contributed by atoms with E-state index in [-0.39, 0.29) is 0 Å². The Balaban J connectivity index is 1.94. The molecule has 0 saturated carbocycles. The zero-order valence-corrected chi connectivity index (χ0v) is 8.70. The Morgan fingerprint density at radius 2 is 2.33 bits per heavy atom. The van der Waals surface area contributed by atoms with Gasteiger partial charge in [0.2, 0.25) is 0 Å². The second-order valence-electron chi connectivity index (χ2n) is 4.16. The van der Waals surface area contributed by atoms with E-state index in [4.69, 9.17) is 0 Å². The minimum absolute atomic E-state index is 0.914. The SMILES string of the molecule is C[C@@H]1CC=C(C2CCCS2)CC1. The third-order valence-electron chi connectivity index (χ3n) is 3.05. The molecular weight excluding hydrogens is 164 g/mol. The highest BCUT2D eigenvalue weighted by Gasteiger charge is 2.22. The van der Waals surface area contributed by atoms with E-state index in [0.29, 0.717) is 0 Å². The first-order valence-corrected chi connectivity index (χ1v) is 6.21. The molecule has 0 bridgehead atoms. The molecule has 68 valence electrons. The second-order valence-corrected chi connectivity index (χ2v) is 5.47. The molecule has 0 nitrogen and oxygen atoms in total. The number of hydrogen-bond donors (Lipinski definition) is 0. The maximum Gasteiger partial charge on any atom is 0.0256 e. The quantitative estimate of drug-likeness (QED) is 0.558. The molecule has 1 unspecified atom stereocenters. The summed E-state index contributed by atoms with van der Waals surface area (Å²) in [6, 6.07) is 0. The smallest absolute Gasteiger partial charge is 0.0256 e. The predicted octanol–water partition coefficient (Wildman–Crippen LogP) is 3.63. The van der Waals surface area contributed by atoms with E-state index in [2.05, 4.69) is 24.8 Å². The van der Waals surface area contributed by atoms with Crippen LogP contribution in [-0.2, 0) is 0 Å². The van der Waals surface area contributed by atoms with E-state index < -0.39 is 0 Å². The lowest BCUT2D eigenvalue weighted by Gasteiger charge is -2.21. The van der Waals surface area contributed by atoms with Crippen molar-refractivity contribution in [3.05, 3.63) is 11.6 Å². The van der Waals surface area contributed by atoms with Crippen LogP contribution in [0.25, 0.3) is 0 Å². The minimum Gasteiger partial charge on any atom is -0.154 e. The van der Waals surface area contributed by atoms with Crippen molar-refractivity contribution in [3.8, 4) is 0 Å². The molecule has 0 spiro atoms. The van der Waals surface area contributed by atoms with Gasteiger partial charge in [-0.15, -0.1) is 0 Å². The predicted molar refractivity (Wildman–Crippen MR) is 56.6 cm³/mol. The van der Waals surface area contributed by atoms with Crippen LogP contribution in [0.3, 0.4) is 0 Å². The van der Waals surface area contributed by atoms with E-state index in [1.165, 1.54) is 37.9 Å². The number of rotatable bonds is 1. The van der Waals surface area contributed by atoms with Crippen molar-refractivity contribution in [2.45, 2.75) is 44.3 Å². The van der Waals surface area contributed by atoms with E-state index in [1.54, 1.807) is 5.57 Å². The van der Waals surface area contributed by atoms with Gasteiger partial charge in [-0.1, -0.05) is 18.6 Å². The number of thioether (sulfide) groups is 1. The van der Waals surface area contributed by atoms with Crippen LogP contribution in [0.1, 0.15) is 39.0 Å². The van der Waals surface area contributed by atoms with Crippen molar-refractivity contribution >= 4 is 11.8 Å². The lowest BCUT2D eigenvalue weighted by atomic mass is 9.89. The van der Waals surface area contributed by atoms with Crippen LogP contribution >= 0.6 is 11.8 Å². The van der Waals surface area contributed by atoms with E-state index in [0.717, 1.165) is 11.2 Å². The topological polar surface area (TPSA) is 0 Å². The molecule has 1 heterocycles. The van der Waals surface area contributed by atoms with Gasteiger partial charge in [0.1, 0.15) is 0 Å². The number of allylic oxidation sites excluding steroid dienone is 1. The van der Waals surface area contributed by atoms with Crippen molar-refractivity contribution in [1.82, 2.24) is 0 Å². The van der Waals surface area contributed by atoms with Gasteiger partial charge in [-0.2, -0.15) is 11.8 Å². The fraction of sp³-hybridized carbons (Fsp3) is 0.818. The molecule has 1 heteroatoms. The molecule has 2 atom stereocenters. The lowest BCUT2D eigenvalue weighted by molar-refractivity contribution is 0.506. The maximum absolute atomic E-state index is 2.52. The van der Waals surface area contributed by atoms with Crippen molar-refractivity contribution in [2.24, 2.45) is 5.92 Å². The number of hydrogen-bond acceptors (Lipinski definition) is 1. The molecule has 1 fully saturated rings. The molecule has 0 N–H and O–H groups in total. The van der Waals surface area contributed by atoms with E-state index in [1.807, 2.05) is 0 Å². The van der Waals surface area contributed by atoms with E-state index in [9.17, 15) is 0 Å². The Bertz CT molecular complexity index is 177.